The van der Waals surface area contributed by atoms with Crippen LogP contribution >= 0.6 is 0 Å². The van der Waals surface area contributed by atoms with E-state index in [0.29, 0.717) is 12.8 Å². The van der Waals surface area contributed by atoms with E-state index in [4.69, 9.17) is 0 Å². The number of hydrogen-bond donors (Lipinski definition) is 2. The van der Waals surface area contributed by atoms with Crippen LogP contribution in [0.15, 0.2) is 29.2 Å². The summed E-state index contributed by atoms with van der Waals surface area (Å²) in [5, 5.41) is 18.5. The van der Waals surface area contributed by atoms with Crippen molar-refractivity contribution < 1.29 is 18.6 Å². The molecule has 0 radical (unpaired) electrons. The van der Waals surface area contributed by atoms with E-state index in [1.807, 2.05) is 0 Å². The molecule has 1 saturated carbocycles. The van der Waals surface area contributed by atoms with Gasteiger partial charge in [0.1, 0.15) is 5.75 Å². The molecule has 1 aliphatic rings. The van der Waals surface area contributed by atoms with Gasteiger partial charge in [-0.15, -0.1) is 0 Å². The maximum atomic E-state index is 12.2. The second-order valence-corrected chi connectivity index (χ2v) is 6.54. The molecule has 16 heavy (non-hydrogen) atoms. The number of aliphatic hydroxyl groups excluding tert-OH is 1. The van der Waals surface area contributed by atoms with Gasteiger partial charge in [-0.1, -0.05) is 12.5 Å². The van der Waals surface area contributed by atoms with Crippen LogP contribution in [-0.2, 0) is 9.84 Å². The van der Waals surface area contributed by atoms with Crippen LogP contribution in [0.2, 0.25) is 0 Å². The number of phenols is 1. The maximum Gasteiger partial charge on any atom is 0.186 e. The fraction of sp³-hybridized carbons (Fsp3) is 0.455. The largest absolute Gasteiger partial charge is 0.508 e. The van der Waals surface area contributed by atoms with Crippen molar-refractivity contribution in [3.8, 4) is 5.75 Å². The van der Waals surface area contributed by atoms with Gasteiger partial charge in [-0.3, -0.25) is 0 Å². The maximum absolute atomic E-state index is 12.2. The van der Waals surface area contributed by atoms with Crippen molar-refractivity contribution in [2.24, 2.45) is 0 Å². The molecule has 0 heterocycles. The zero-order chi connectivity index (χ0) is 11.8. The Balaban J connectivity index is 2.47. The van der Waals surface area contributed by atoms with Gasteiger partial charge < -0.3 is 10.2 Å². The Kier molecular flexibility index (Phi) is 2.67. The van der Waals surface area contributed by atoms with Crippen LogP contribution in [0.1, 0.15) is 19.3 Å². The van der Waals surface area contributed by atoms with Crippen molar-refractivity contribution in [1.82, 2.24) is 0 Å². The molecule has 0 atom stereocenters. The summed E-state index contributed by atoms with van der Waals surface area (Å²) >= 11 is 0. The lowest BCUT2D eigenvalue weighted by molar-refractivity contribution is 0.181. The van der Waals surface area contributed by atoms with Crippen LogP contribution in [0.25, 0.3) is 0 Å². The van der Waals surface area contributed by atoms with E-state index in [1.54, 1.807) is 0 Å². The Bertz CT molecular complexity index is 483. The average Bonchev–Trinajstić information content (AvgIpc) is 2.16. The third-order valence-corrected chi connectivity index (χ3v) is 5.80. The van der Waals surface area contributed by atoms with Gasteiger partial charge in [0.05, 0.1) is 16.2 Å². The number of aromatic hydroxyl groups is 1. The van der Waals surface area contributed by atoms with E-state index < -0.39 is 14.6 Å². The van der Waals surface area contributed by atoms with Crippen LogP contribution in [0.4, 0.5) is 0 Å². The topological polar surface area (TPSA) is 74.6 Å². The smallest absolute Gasteiger partial charge is 0.186 e. The zero-order valence-corrected chi connectivity index (χ0v) is 9.57. The van der Waals surface area contributed by atoms with Gasteiger partial charge in [0.2, 0.25) is 0 Å². The fourth-order valence-electron chi connectivity index (χ4n) is 1.98. The average molecular weight is 242 g/mol. The first-order chi connectivity index (χ1) is 7.52. The van der Waals surface area contributed by atoms with Gasteiger partial charge in [-0.25, -0.2) is 8.42 Å². The van der Waals surface area contributed by atoms with Crippen LogP contribution in [0, 0.1) is 0 Å². The first kappa shape index (κ1) is 11.4. The lowest BCUT2D eigenvalue weighted by Crippen LogP contribution is -2.48. The Morgan fingerprint density at radius 3 is 2.44 bits per heavy atom. The molecule has 2 rings (SSSR count). The molecular formula is C11H14O4S. The minimum atomic E-state index is -3.55. The summed E-state index contributed by atoms with van der Waals surface area (Å²) < 4.78 is 23.5. The summed E-state index contributed by atoms with van der Waals surface area (Å²) in [6.45, 7) is -0.356. The molecule has 0 amide bonds. The molecule has 0 bridgehead atoms. The Morgan fingerprint density at radius 1 is 1.31 bits per heavy atom. The molecule has 0 unspecified atom stereocenters. The molecule has 5 heteroatoms. The monoisotopic (exact) mass is 242 g/mol. The summed E-state index contributed by atoms with van der Waals surface area (Å²) in [6, 6.07) is 5.59. The first-order valence-electron chi connectivity index (χ1n) is 5.16. The van der Waals surface area contributed by atoms with Crippen molar-refractivity contribution in [2.75, 3.05) is 6.61 Å². The quantitative estimate of drug-likeness (QED) is 0.831. The normalized spacial score (nSPS) is 19.1. The lowest BCUT2D eigenvalue weighted by atomic mass is 9.85. The van der Waals surface area contributed by atoms with Crippen molar-refractivity contribution in [3.05, 3.63) is 24.3 Å². The van der Waals surface area contributed by atoms with E-state index >= 15 is 0 Å². The standard InChI is InChI=1S/C11H14O4S/c12-8-11(5-2-6-11)16(14,15)10-4-1-3-9(13)7-10/h1,3-4,7,12-13H,2,5-6,8H2. The van der Waals surface area contributed by atoms with Gasteiger partial charge in [-0.2, -0.15) is 0 Å². The van der Waals surface area contributed by atoms with Crippen LogP contribution < -0.4 is 0 Å². The Morgan fingerprint density at radius 2 is 2.00 bits per heavy atom. The van der Waals surface area contributed by atoms with Crippen LogP contribution in [-0.4, -0.2) is 30.0 Å². The second kappa shape index (κ2) is 3.75. The summed E-state index contributed by atoms with van der Waals surface area (Å²) in [7, 11) is -3.55. The summed E-state index contributed by atoms with van der Waals surface area (Å²) in [5.74, 6) is -0.0755. The molecule has 4 nitrogen and oxygen atoms in total. The summed E-state index contributed by atoms with van der Waals surface area (Å²) in [6.07, 6.45) is 1.79. The van der Waals surface area contributed by atoms with E-state index in [1.165, 1.54) is 24.3 Å². The molecule has 1 aromatic carbocycles. The van der Waals surface area contributed by atoms with Crippen molar-refractivity contribution in [2.45, 2.75) is 28.9 Å². The molecule has 2 N–H and O–H groups in total. The summed E-state index contributed by atoms with van der Waals surface area (Å²) in [4.78, 5) is 0.0845. The zero-order valence-electron chi connectivity index (χ0n) is 8.76. The number of benzene rings is 1. The lowest BCUT2D eigenvalue weighted by Gasteiger charge is -2.39. The molecule has 0 saturated heterocycles. The highest BCUT2D eigenvalue weighted by Gasteiger charge is 2.49. The van der Waals surface area contributed by atoms with Crippen molar-refractivity contribution in [3.63, 3.8) is 0 Å². The molecule has 0 aliphatic heterocycles. The molecule has 1 aliphatic carbocycles. The molecular weight excluding hydrogens is 228 g/mol. The van der Waals surface area contributed by atoms with Gasteiger partial charge in [-0.05, 0) is 31.0 Å². The first-order valence-corrected chi connectivity index (χ1v) is 6.65. The molecule has 1 fully saturated rings. The van der Waals surface area contributed by atoms with E-state index in [2.05, 4.69) is 0 Å². The minimum absolute atomic E-state index is 0.0755. The van der Waals surface area contributed by atoms with Crippen molar-refractivity contribution >= 4 is 9.84 Å². The Hall–Kier alpha value is -1.07. The van der Waals surface area contributed by atoms with Gasteiger partial charge in [0.15, 0.2) is 9.84 Å². The number of sulfone groups is 1. The molecule has 88 valence electrons. The predicted octanol–water partition coefficient (Wildman–Crippen LogP) is 1.08. The predicted molar refractivity (Wildman–Crippen MR) is 59.0 cm³/mol. The number of aliphatic hydroxyl groups is 1. The third-order valence-electron chi connectivity index (χ3n) is 3.25. The van der Waals surface area contributed by atoms with Crippen LogP contribution in [0.5, 0.6) is 5.75 Å². The molecule has 0 spiro atoms. The van der Waals surface area contributed by atoms with Gasteiger partial charge in [0, 0.05) is 0 Å². The number of rotatable bonds is 3. The highest BCUT2D eigenvalue weighted by Crippen LogP contribution is 2.42. The SMILES string of the molecule is O=S(=O)(c1cccc(O)c1)C1(CO)CCC1. The fourth-order valence-corrected chi connectivity index (χ4v) is 4.01. The highest BCUT2D eigenvalue weighted by atomic mass is 32.2. The van der Waals surface area contributed by atoms with Crippen molar-refractivity contribution in [1.29, 1.82) is 0 Å². The van der Waals surface area contributed by atoms with E-state index in [-0.39, 0.29) is 17.3 Å². The molecule has 1 aromatic rings. The van der Waals surface area contributed by atoms with Gasteiger partial charge >= 0.3 is 0 Å². The van der Waals surface area contributed by atoms with E-state index in [0.717, 1.165) is 6.42 Å². The van der Waals surface area contributed by atoms with Gasteiger partial charge in [0.25, 0.3) is 0 Å². The third kappa shape index (κ3) is 1.51. The summed E-state index contributed by atoms with van der Waals surface area (Å²) in [5.41, 5.74) is 0. The van der Waals surface area contributed by atoms with Crippen LogP contribution in [0.3, 0.4) is 0 Å². The van der Waals surface area contributed by atoms with E-state index in [9.17, 15) is 18.6 Å². The Labute approximate surface area is 94.5 Å². The number of phenolic OH excluding ortho intramolecular Hbond substituents is 1. The number of hydrogen-bond acceptors (Lipinski definition) is 4. The second-order valence-electron chi connectivity index (χ2n) is 4.20. The molecule has 0 aromatic heterocycles. The minimum Gasteiger partial charge on any atom is -0.508 e. The highest BCUT2D eigenvalue weighted by molar-refractivity contribution is 7.93.